The Morgan fingerprint density at radius 3 is 2.11 bits per heavy atom. The lowest BCUT2D eigenvalue weighted by molar-refractivity contribution is -0.137. The molecular weight excluding hydrogens is 228 g/mol. The molecule has 2 fully saturated rings. The molecule has 3 heteroatoms. The van der Waals surface area contributed by atoms with E-state index in [1.54, 1.807) is 0 Å². The molecule has 3 atom stereocenters. The van der Waals surface area contributed by atoms with Crippen LogP contribution in [0.3, 0.4) is 0 Å². The zero-order chi connectivity index (χ0) is 14.0. The molecule has 0 radical (unpaired) electrons. The lowest BCUT2D eigenvalue weighted by Gasteiger charge is -2.36. The fraction of sp³-hybridized carbons (Fsp3) is 0.933. The zero-order valence-electron chi connectivity index (χ0n) is 12.2. The number of unbranched alkanes of at least 4 members (excludes halogenated alkanes) is 1. The normalized spacial score (nSPS) is 36.1. The highest BCUT2D eigenvalue weighted by Gasteiger charge is 2.60. The topological polar surface area (TPSA) is 57.5 Å². The van der Waals surface area contributed by atoms with E-state index in [0.29, 0.717) is 11.8 Å². The first kappa shape index (κ1) is 15.5. The molecule has 2 bridgehead atoms. The molecule has 0 spiro atoms. The van der Waals surface area contributed by atoms with Gasteiger partial charge in [0.15, 0.2) is 0 Å². The van der Waals surface area contributed by atoms with E-state index >= 15 is 0 Å². The molecule has 2 aliphatic carbocycles. The Morgan fingerprint density at radius 2 is 1.94 bits per heavy atom. The molecule has 0 unspecified atom stereocenters. The first-order chi connectivity index (χ1) is 8.25. The smallest absolute Gasteiger partial charge is 0.303 e. The first-order valence-electron chi connectivity index (χ1n) is 7.15. The molecular formula is C15H28O3. The van der Waals surface area contributed by atoms with Crippen molar-refractivity contribution >= 4 is 5.97 Å². The van der Waals surface area contributed by atoms with Gasteiger partial charge < -0.3 is 10.2 Å². The third-order valence-electron chi connectivity index (χ3n) is 5.49. The van der Waals surface area contributed by atoms with Crippen molar-refractivity contribution < 1.29 is 15.0 Å². The van der Waals surface area contributed by atoms with Crippen LogP contribution in [0.4, 0.5) is 0 Å². The highest BCUT2D eigenvalue weighted by molar-refractivity contribution is 5.66. The summed E-state index contributed by atoms with van der Waals surface area (Å²) in [7, 11) is 0. The van der Waals surface area contributed by atoms with Crippen molar-refractivity contribution in [3.63, 3.8) is 0 Å². The summed E-state index contributed by atoms with van der Waals surface area (Å²) in [6, 6.07) is 0. The number of carboxylic acids is 1. The van der Waals surface area contributed by atoms with Crippen molar-refractivity contribution in [3.05, 3.63) is 0 Å². The molecule has 0 saturated heterocycles. The Morgan fingerprint density at radius 1 is 1.33 bits per heavy atom. The maximum absolute atomic E-state index is 9.81. The first-order valence-corrected chi connectivity index (χ1v) is 7.15. The second-order valence-electron chi connectivity index (χ2n) is 6.62. The predicted molar refractivity (Wildman–Crippen MR) is 72.4 cm³/mol. The van der Waals surface area contributed by atoms with Gasteiger partial charge in [-0.05, 0) is 42.4 Å². The molecule has 0 aliphatic heterocycles. The van der Waals surface area contributed by atoms with Crippen LogP contribution in [0.2, 0.25) is 0 Å². The third kappa shape index (κ3) is 2.71. The zero-order valence-corrected chi connectivity index (χ0v) is 12.2. The quantitative estimate of drug-likeness (QED) is 0.813. The van der Waals surface area contributed by atoms with Gasteiger partial charge in [0.05, 0.1) is 6.10 Å². The van der Waals surface area contributed by atoms with Crippen molar-refractivity contribution in [2.75, 3.05) is 0 Å². The van der Waals surface area contributed by atoms with Crippen LogP contribution in [0.25, 0.3) is 0 Å². The van der Waals surface area contributed by atoms with E-state index in [0.717, 1.165) is 25.2 Å². The summed E-state index contributed by atoms with van der Waals surface area (Å²) in [4.78, 5) is 9.76. The van der Waals surface area contributed by atoms with Crippen molar-refractivity contribution in [2.45, 2.75) is 72.3 Å². The third-order valence-corrected chi connectivity index (χ3v) is 5.49. The number of hydrogen-bond acceptors (Lipinski definition) is 2. The van der Waals surface area contributed by atoms with Gasteiger partial charge in [-0.2, -0.15) is 0 Å². The monoisotopic (exact) mass is 256 g/mol. The van der Waals surface area contributed by atoms with Crippen LogP contribution in [0, 0.1) is 16.7 Å². The summed E-state index contributed by atoms with van der Waals surface area (Å²) < 4.78 is 0. The summed E-state index contributed by atoms with van der Waals surface area (Å²) >= 11 is 0. The fourth-order valence-corrected chi connectivity index (χ4v) is 3.49. The fourth-order valence-electron chi connectivity index (χ4n) is 3.49. The van der Waals surface area contributed by atoms with Gasteiger partial charge in [0.1, 0.15) is 0 Å². The summed E-state index contributed by atoms with van der Waals surface area (Å²) in [5, 5.41) is 17.9. The molecule has 2 aliphatic rings. The van der Waals surface area contributed by atoms with Gasteiger partial charge in [-0.25, -0.2) is 0 Å². The maximum atomic E-state index is 9.81. The Hall–Kier alpha value is -0.570. The van der Waals surface area contributed by atoms with Crippen LogP contribution in [0.15, 0.2) is 0 Å². The molecule has 0 aromatic carbocycles. The van der Waals surface area contributed by atoms with Gasteiger partial charge in [0.25, 0.3) is 0 Å². The van der Waals surface area contributed by atoms with Crippen molar-refractivity contribution in [2.24, 2.45) is 16.7 Å². The number of aliphatic hydroxyl groups is 1. The minimum Gasteiger partial charge on any atom is -0.481 e. The molecule has 0 heterocycles. The van der Waals surface area contributed by atoms with Crippen LogP contribution in [0.5, 0.6) is 0 Å². The second-order valence-corrected chi connectivity index (χ2v) is 6.62. The molecule has 2 rings (SSSR count). The number of rotatable bonds is 3. The number of aliphatic hydroxyl groups excluding tert-OH is 1. The lowest BCUT2D eigenvalue weighted by Crippen LogP contribution is -2.35. The molecule has 106 valence electrons. The van der Waals surface area contributed by atoms with Crippen LogP contribution in [-0.4, -0.2) is 22.3 Å². The Kier molecular flexibility index (Phi) is 4.82. The minimum atomic E-state index is -0.693. The summed E-state index contributed by atoms with van der Waals surface area (Å²) in [6.45, 7) is 8.87. The van der Waals surface area contributed by atoms with Gasteiger partial charge in [0.2, 0.25) is 0 Å². The predicted octanol–water partition coefficient (Wildman–Crippen LogP) is 3.45. The second kappa shape index (κ2) is 5.60. The van der Waals surface area contributed by atoms with E-state index in [9.17, 15) is 9.90 Å². The van der Waals surface area contributed by atoms with E-state index in [2.05, 4.69) is 20.8 Å². The van der Waals surface area contributed by atoms with Gasteiger partial charge in [-0.15, -0.1) is 0 Å². The van der Waals surface area contributed by atoms with Crippen LogP contribution in [-0.2, 0) is 4.79 Å². The molecule has 0 amide bonds. The highest BCUT2D eigenvalue weighted by Crippen LogP contribution is 2.65. The maximum Gasteiger partial charge on any atom is 0.303 e. The van der Waals surface area contributed by atoms with Gasteiger partial charge in [0, 0.05) is 6.42 Å². The van der Waals surface area contributed by atoms with Crippen LogP contribution >= 0.6 is 0 Å². The van der Waals surface area contributed by atoms with Gasteiger partial charge >= 0.3 is 5.97 Å². The average molecular weight is 256 g/mol. The SMILES string of the molecule is CC1(C)[C@@H]2CC[C@]1(C)[C@@H](O)C2.CCCCC(=O)O. The minimum absolute atomic E-state index is 0.0313. The van der Waals surface area contributed by atoms with E-state index in [1.165, 1.54) is 12.8 Å². The summed E-state index contributed by atoms with van der Waals surface area (Å²) in [5.41, 5.74) is 0.601. The summed E-state index contributed by atoms with van der Waals surface area (Å²) in [5.74, 6) is 0.0874. The standard InChI is InChI=1S/C10H18O.C5H10O2/c1-9(2)7-4-5-10(9,3)8(11)6-7;1-2-3-4-5(6)7/h7-8,11H,4-6H2,1-3H3;2-4H2,1H3,(H,6,7)/t7-,8+,10-;/m1./s1. The van der Waals surface area contributed by atoms with E-state index < -0.39 is 5.97 Å². The van der Waals surface area contributed by atoms with Gasteiger partial charge in [-0.1, -0.05) is 34.1 Å². The van der Waals surface area contributed by atoms with E-state index in [1.807, 2.05) is 6.92 Å². The Bertz CT molecular complexity index is 298. The molecule has 2 saturated carbocycles. The van der Waals surface area contributed by atoms with E-state index in [4.69, 9.17) is 5.11 Å². The number of aliphatic carboxylic acids is 1. The number of hydrogen-bond donors (Lipinski definition) is 2. The molecule has 3 nitrogen and oxygen atoms in total. The van der Waals surface area contributed by atoms with Crippen molar-refractivity contribution in [1.29, 1.82) is 0 Å². The van der Waals surface area contributed by atoms with Crippen molar-refractivity contribution in [1.82, 2.24) is 0 Å². The van der Waals surface area contributed by atoms with Crippen molar-refractivity contribution in [3.8, 4) is 0 Å². The summed E-state index contributed by atoms with van der Waals surface area (Å²) in [6.07, 6.45) is 5.66. The number of carboxylic acid groups (broad SMARTS) is 1. The average Bonchev–Trinajstić information content (AvgIpc) is 2.60. The molecule has 0 aromatic rings. The lowest BCUT2D eigenvalue weighted by atomic mass is 9.70. The molecule has 18 heavy (non-hydrogen) atoms. The highest BCUT2D eigenvalue weighted by atomic mass is 16.4. The molecule has 0 aromatic heterocycles. The number of carbonyl (C=O) groups is 1. The van der Waals surface area contributed by atoms with Gasteiger partial charge in [-0.3, -0.25) is 4.79 Å². The largest absolute Gasteiger partial charge is 0.481 e. The van der Waals surface area contributed by atoms with E-state index in [-0.39, 0.29) is 11.5 Å². The Labute approximate surface area is 111 Å². The Balaban J connectivity index is 0.000000203. The number of fused-ring (bicyclic) bond motifs is 2. The van der Waals surface area contributed by atoms with Crippen LogP contribution in [0.1, 0.15) is 66.2 Å². The molecule has 2 N–H and O–H groups in total. The van der Waals surface area contributed by atoms with Crippen LogP contribution < -0.4 is 0 Å².